The summed E-state index contributed by atoms with van der Waals surface area (Å²) >= 11 is 0. The zero-order valence-electron chi connectivity index (χ0n) is 10.8. The maximum atomic E-state index is 13.6. The van der Waals surface area contributed by atoms with Gasteiger partial charge in [-0.2, -0.15) is 0 Å². The summed E-state index contributed by atoms with van der Waals surface area (Å²) in [5.41, 5.74) is 1.24. The molecule has 0 aliphatic rings. The molecule has 2 rings (SSSR count). The summed E-state index contributed by atoms with van der Waals surface area (Å²) in [6, 6.07) is 9.40. The van der Waals surface area contributed by atoms with Gasteiger partial charge in [0.15, 0.2) is 0 Å². The van der Waals surface area contributed by atoms with Crippen LogP contribution in [0.1, 0.15) is 11.1 Å². The number of halogens is 3. The Labute approximate surface area is 115 Å². The third-order valence-electron chi connectivity index (χ3n) is 3.22. The van der Waals surface area contributed by atoms with E-state index in [-0.39, 0.29) is 18.3 Å². The van der Waals surface area contributed by atoms with Gasteiger partial charge in [0.25, 0.3) is 0 Å². The predicted octanol–water partition coefficient (Wildman–Crippen LogP) is 3.50. The summed E-state index contributed by atoms with van der Waals surface area (Å²) in [4.78, 5) is 0. The van der Waals surface area contributed by atoms with Crippen LogP contribution in [0.4, 0.5) is 13.2 Å². The molecular formula is C16H15F3O. The number of aliphatic hydroxyl groups excluding tert-OH is 1. The Hall–Kier alpha value is -1.81. The van der Waals surface area contributed by atoms with Crippen LogP contribution in [0.2, 0.25) is 0 Å². The van der Waals surface area contributed by atoms with E-state index >= 15 is 0 Å². The topological polar surface area (TPSA) is 20.2 Å². The van der Waals surface area contributed by atoms with E-state index in [1.807, 2.05) is 0 Å². The molecule has 0 spiro atoms. The molecule has 0 heterocycles. The van der Waals surface area contributed by atoms with E-state index in [9.17, 15) is 18.3 Å². The van der Waals surface area contributed by atoms with E-state index in [1.54, 1.807) is 12.1 Å². The van der Waals surface area contributed by atoms with Crippen molar-refractivity contribution in [3.05, 3.63) is 71.0 Å². The van der Waals surface area contributed by atoms with Gasteiger partial charge in [-0.25, -0.2) is 13.2 Å². The average molecular weight is 280 g/mol. The molecule has 0 amide bonds. The molecule has 20 heavy (non-hydrogen) atoms. The van der Waals surface area contributed by atoms with E-state index in [0.717, 1.165) is 11.6 Å². The Morgan fingerprint density at radius 1 is 0.850 bits per heavy atom. The first-order valence-corrected chi connectivity index (χ1v) is 6.37. The highest BCUT2D eigenvalue weighted by atomic mass is 19.1. The molecule has 0 fully saturated rings. The lowest BCUT2D eigenvalue weighted by atomic mass is 9.93. The minimum absolute atomic E-state index is 0.117. The molecule has 0 aliphatic heterocycles. The summed E-state index contributed by atoms with van der Waals surface area (Å²) in [7, 11) is 0. The van der Waals surface area contributed by atoms with Crippen molar-refractivity contribution in [1.29, 1.82) is 0 Å². The third-order valence-corrected chi connectivity index (χ3v) is 3.22. The van der Waals surface area contributed by atoms with Gasteiger partial charge in [0.05, 0.1) is 0 Å². The van der Waals surface area contributed by atoms with Crippen molar-refractivity contribution in [2.75, 3.05) is 6.61 Å². The number of hydrogen-bond donors (Lipinski definition) is 1. The van der Waals surface area contributed by atoms with Crippen LogP contribution in [0.25, 0.3) is 0 Å². The summed E-state index contributed by atoms with van der Waals surface area (Å²) in [6.07, 6.45) is 0.813. The fourth-order valence-corrected chi connectivity index (χ4v) is 2.15. The van der Waals surface area contributed by atoms with Crippen molar-refractivity contribution < 1.29 is 18.3 Å². The quantitative estimate of drug-likeness (QED) is 0.888. The van der Waals surface area contributed by atoms with Crippen LogP contribution in [0, 0.1) is 23.4 Å². The normalized spacial score (nSPS) is 12.4. The molecule has 0 aromatic heterocycles. The zero-order valence-corrected chi connectivity index (χ0v) is 10.8. The third kappa shape index (κ3) is 3.84. The first-order chi connectivity index (χ1) is 9.58. The first-order valence-electron chi connectivity index (χ1n) is 6.37. The standard InChI is InChI=1S/C16H15F3O/c17-14-4-1-11(2-5-14)7-12(10-20)8-13-3-6-15(18)9-16(13)19/h1-6,9,12,20H,7-8,10H2. The lowest BCUT2D eigenvalue weighted by molar-refractivity contribution is 0.224. The van der Waals surface area contributed by atoms with Gasteiger partial charge in [0.1, 0.15) is 17.5 Å². The minimum Gasteiger partial charge on any atom is -0.396 e. The van der Waals surface area contributed by atoms with Gasteiger partial charge in [0, 0.05) is 12.7 Å². The molecule has 0 saturated carbocycles. The zero-order chi connectivity index (χ0) is 14.5. The van der Waals surface area contributed by atoms with Gasteiger partial charge < -0.3 is 5.11 Å². The Morgan fingerprint density at radius 3 is 2.10 bits per heavy atom. The Bertz CT molecular complexity index is 566. The van der Waals surface area contributed by atoms with Crippen molar-refractivity contribution >= 4 is 0 Å². The number of aliphatic hydroxyl groups is 1. The van der Waals surface area contributed by atoms with E-state index in [4.69, 9.17) is 0 Å². The van der Waals surface area contributed by atoms with E-state index < -0.39 is 11.6 Å². The van der Waals surface area contributed by atoms with Crippen LogP contribution in [0.3, 0.4) is 0 Å². The SMILES string of the molecule is OCC(Cc1ccc(F)cc1)Cc1ccc(F)cc1F. The molecule has 0 saturated heterocycles. The molecule has 2 aromatic rings. The smallest absolute Gasteiger partial charge is 0.129 e. The highest BCUT2D eigenvalue weighted by Gasteiger charge is 2.13. The molecule has 1 unspecified atom stereocenters. The molecule has 1 N–H and O–H groups in total. The first kappa shape index (κ1) is 14.6. The Morgan fingerprint density at radius 2 is 1.50 bits per heavy atom. The molecule has 0 aliphatic carbocycles. The largest absolute Gasteiger partial charge is 0.396 e. The number of hydrogen-bond acceptors (Lipinski definition) is 1. The van der Waals surface area contributed by atoms with Crippen LogP contribution < -0.4 is 0 Å². The van der Waals surface area contributed by atoms with Gasteiger partial charge in [-0.15, -0.1) is 0 Å². The van der Waals surface area contributed by atoms with Crippen molar-refractivity contribution in [3.63, 3.8) is 0 Å². The lowest BCUT2D eigenvalue weighted by Crippen LogP contribution is -2.14. The van der Waals surface area contributed by atoms with Crippen LogP contribution in [0.15, 0.2) is 42.5 Å². The molecule has 1 atom stereocenters. The monoisotopic (exact) mass is 280 g/mol. The fraction of sp³-hybridized carbons (Fsp3) is 0.250. The summed E-state index contributed by atoms with van der Waals surface area (Å²) in [5, 5.41) is 9.38. The van der Waals surface area contributed by atoms with Crippen LogP contribution in [-0.2, 0) is 12.8 Å². The predicted molar refractivity (Wildman–Crippen MR) is 70.7 cm³/mol. The van der Waals surface area contributed by atoms with Crippen molar-refractivity contribution in [2.24, 2.45) is 5.92 Å². The van der Waals surface area contributed by atoms with Crippen molar-refractivity contribution in [1.82, 2.24) is 0 Å². The molecule has 1 nitrogen and oxygen atoms in total. The van der Waals surface area contributed by atoms with Crippen LogP contribution >= 0.6 is 0 Å². The molecule has 106 valence electrons. The van der Waals surface area contributed by atoms with E-state index in [0.29, 0.717) is 18.4 Å². The average Bonchev–Trinajstić information content (AvgIpc) is 2.43. The van der Waals surface area contributed by atoms with Gasteiger partial charge in [-0.1, -0.05) is 18.2 Å². The van der Waals surface area contributed by atoms with E-state index in [1.165, 1.54) is 24.3 Å². The molecule has 4 heteroatoms. The van der Waals surface area contributed by atoms with Gasteiger partial charge >= 0.3 is 0 Å². The maximum Gasteiger partial charge on any atom is 0.129 e. The van der Waals surface area contributed by atoms with Crippen LogP contribution in [0.5, 0.6) is 0 Å². The fourth-order valence-electron chi connectivity index (χ4n) is 2.15. The Kier molecular flexibility index (Phi) is 4.79. The second-order valence-corrected chi connectivity index (χ2v) is 4.82. The number of benzene rings is 2. The van der Waals surface area contributed by atoms with Crippen molar-refractivity contribution in [2.45, 2.75) is 12.8 Å². The molecule has 0 bridgehead atoms. The van der Waals surface area contributed by atoms with Crippen molar-refractivity contribution in [3.8, 4) is 0 Å². The molecular weight excluding hydrogens is 265 g/mol. The summed E-state index contributed by atoms with van der Waals surface area (Å²) in [6.45, 7) is -0.117. The number of rotatable bonds is 5. The highest BCUT2D eigenvalue weighted by Crippen LogP contribution is 2.18. The summed E-state index contributed by atoms with van der Waals surface area (Å²) < 4.78 is 39.2. The molecule has 0 radical (unpaired) electrons. The second kappa shape index (κ2) is 6.57. The summed E-state index contributed by atoms with van der Waals surface area (Å²) in [5.74, 6) is -1.74. The minimum atomic E-state index is -0.620. The molecule has 2 aromatic carbocycles. The van der Waals surface area contributed by atoms with Gasteiger partial charge in [-0.3, -0.25) is 0 Å². The second-order valence-electron chi connectivity index (χ2n) is 4.82. The maximum absolute atomic E-state index is 13.6. The van der Waals surface area contributed by atoms with E-state index in [2.05, 4.69) is 0 Å². The highest BCUT2D eigenvalue weighted by molar-refractivity contribution is 5.21. The Balaban J connectivity index is 2.07. The van der Waals surface area contributed by atoms with Gasteiger partial charge in [-0.05, 0) is 48.1 Å². The van der Waals surface area contributed by atoms with Crippen LogP contribution in [-0.4, -0.2) is 11.7 Å². The lowest BCUT2D eigenvalue weighted by Gasteiger charge is -2.15. The van der Waals surface area contributed by atoms with Gasteiger partial charge in [0.2, 0.25) is 0 Å².